The van der Waals surface area contributed by atoms with Crippen LogP contribution in [-0.2, 0) is 6.54 Å². The van der Waals surface area contributed by atoms with Crippen molar-refractivity contribution in [3.8, 4) is 6.07 Å². The van der Waals surface area contributed by atoms with Gasteiger partial charge in [0, 0.05) is 11.9 Å². The van der Waals surface area contributed by atoms with Crippen LogP contribution < -0.4 is 10.6 Å². The first-order valence-corrected chi connectivity index (χ1v) is 14.4. The Balaban J connectivity index is 1.58. The van der Waals surface area contributed by atoms with Crippen LogP contribution in [0.2, 0.25) is 15.3 Å². The molecular weight excluding hydrogens is 597 g/mol. The average Bonchev–Trinajstić information content (AvgIpc) is 3.58. The molecule has 3 aromatic heterocycles. The van der Waals surface area contributed by atoms with Gasteiger partial charge in [0.1, 0.15) is 11.9 Å². The van der Waals surface area contributed by atoms with Crippen LogP contribution in [-0.4, -0.2) is 41.8 Å². The minimum absolute atomic E-state index is 0.0365. The van der Waals surface area contributed by atoms with Crippen molar-refractivity contribution in [3.63, 3.8) is 0 Å². The number of hydrogen-bond donors (Lipinski definition) is 2. The van der Waals surface area contributed by atoms with E-state index in [1.807, 2.05) is 22.3 Å². The van der Waals surface area contributed by atoms with Crippen LogP contribution in [0.5, 0.6) is 0 Å². The predicted molar refractivity (Wildman–Crippen MR) is 147 cm³/mol. The number of rotatable bonds is 8. The molecule has 0 aliphatic carbocycles. The smallest absolute Gasteiger partial charge is 0.205 e. The van der Waals surface area contributed by atoms with Crippen molar-refractivity contribution >= 4 is 79.4 Å². The van der Waals surface area contributed by atoms with Gasteiger partial charge < -0.3 is 0 Å². The molecule has 186 valence electrons. The SMILES string of the molecule is N#Cc1cnc2c(Cl)cc(NC(c3cscn3)c3cn(CC[AsH2])nn3)cc2c1Nc1ccc(F)c(Cl)c1. The number of pyridine rings is 1. The van der Waals surface area contributed by atoms with Gasteiger partial charge in [-0.05, 0) is 18.2 Å². The van der Waals surface area contributed by atoms with Gasteiger partial charge >= 0.3 is 167 Å². The molecule has 0 saturated carbocycles. The Morgan fingerprint density at radius 3 is 2.70 bits per heavy atom. The fraction of sp³-hybridized carbons (Fsp3) is 0.125. The summed E-state index contributed by atoms with van der Waals surface area (Å²) in [6.45, 7) is 0.781. The third kappa shape index (κ3) is 5.41. The molecule has 37 heavy (non-hydrogen) atoms. The van der Waals surface area contributed by atoms with Crippen LogP contribution in [0.4, 0.5) is 21.5 Å². The summed E-state index contributed by atoms with van der Waals surface area (Å²) in [5.74, 6) is -0.535. The summed E-state index contributed by atoms with van der Waals surface area (Å²) < 4.78 is 15.5. The van der Waals surface area contributed by atoms with E-state index in [4.69, 9.17) is 23.2 Å². The van der Waals surface area contributed by atoms with Crippen LogP contribution in [0.3, 0.4) is 0 Å². The molecular formula is C24H18AsCl2FN8S. The number of nitrogens with zero attached hydrogens (tertiary/aromatic N) is 6. The minimum Gasteiger partial charge on any atom is -0.205 e. The number of fused-ring (bicyclic) bond motifs is 1. The summed E-state index contributed by atoms with van der Waals surface area (Å²) in [5, 5.41) is 28.9. The Labute approximate surface area is 234 Å². The zero-order valence-electron chi connectivity index (χ0n) is 19.0. The molecule has 2 atom stereocenters. The molecule has 3 heterocycles. The first-order chi connectivity index (χ1) is 18.0. The molecule has 0 spiro atoms. The molecule has 0 fully saturated rings. The molecule has 8 nitrogen and oxygen atoms in total. The van der Waals surface area contributed by atoms with Crippen LogP contribution in [0.25, 0.3) is 10.9 Å². The molecule has 2 aromatic carbocycles. The number of aryl methyl sites for hydroxylation is 1. The minimum atomic E-state index is -0.535. The number of aromatic nitrogens is 5. The zero-order valence-corrected chi connectivity index (χ0v) is 23.7. The predicted octanol–water partition coefficient (Wildman–Crippen LogP) is 5.60. The van der Waals surface area contributed by atoms with E-state index < -0.39 is 5.82 Å². The number of benzene rings is 2. The molecule has 5 rings (SSSR count). The second-order valence-corrected chi connectivity index (χ2v) is 10.7. The van der Waals surface area contributed by atoms with Crippen molar-refractivity contribution < 1.29 is 4.39 Å². The standard InChI is InChI=1S/C24H18AsCl2FN8S/c25-3-4-36-10-20(34-35-36)24(21-11-37-12-31-21)33-15-5-16-22(32-14-1-2-19(28)17(26)6-14)13(8-29)9-30-23(16)18(27)7-15/h1-2,5-7,9-12,24,33H,3-4,25H2,(H,30,32). The van der Waals surface area contributed by atoms with Crippen molar-refractivity contribution in [2.75, 3.05) is 10.6 Å². The van der Waals surface area contributed by atoms with Gasteiger partial charge in [-0.1, -0.05) is 11.6 Å². The van der Waals surface area contributed by atoms with Crippen molar-refractivity contribution in [3.05, 3.63) is 86.4 Å². The number of thiazole rings is 1. The quantitative estimate of drug-likeness (QED) is 0.219. The van der Waals surface area contributed by atoms with Crippen molar-refractivity contribution in [1.29, 1.82) is 5.26 Å². The molecule has 0 aliphatic rings. The number of halogens is 3. The molecule has 2 N–H and O–H groups in total. The summed E-state index contributed by atoms with van der Waals surface area (Å²) in [7, 11) is 0. The van der Waals surface area contributed by atoms with Crippen LogP contribution >= 0.6 is 34.5 Å². The third-order valence-electron chi connectivity index (χ3n) is 5.50. The molecule has 0 aliphatic heterocycles. The zero-order chi connectivity index (χ0) is 25.9. The second kappa shape index (κ2) is 11.0. The maximum atomic E-state index is 13.7. The molecule has 13 heteroatoms. The summed E-state index contributed by atoms with van der Waals surface area (Å²) >= 11 is 15.7. The Hall–Kier alpha value is -3.22. The van der Waals surface area contributed by atoms with E-state index in [-0.39, 0.29) is 11.1 Å². The van der Waals surface area contributed by atoms with Crippen LogP contribution in [0, 0.1) is 17.1 Å². The fourth-order valence-electron chi connectivity index (χ4n) is 3.80. The summed E-state index contributed by atoms with van der Waals surface area (Å²) in [6.07, 6.45) is 3.35. The molecule has 0 radical (unpaired) electrons. The Morgan fingerprint density at radius 1 is 1.14 bits per heavy atom. The Morgan fingerprint density at radius 2 is 1.97 bits per heavy atom. The third-order valence-corrected chi connectivity index (χ3v) is 7.23. The number of hydrogen-bond acceptors (Lipinski definition) is 8. The number of anilines is 3. The van der Waals surface area contributed by atoms with Gasteiger partial charge in [0.05, 0.1) is 5.02 Å². The molecule has 5 aromatic rings. The van der Waals surface area contributed by atoms with Gasteiger partial charge in [-0.25, -0.2) is 4.39 Å². The molecule has 0 saturated heterocycles. The van der Waals surface area contributed by atoms with Gasteiger partial charge in [0.25, 0.3) is 0 Å². The van der Waals surface area contributed by atoms with Crippen molar-refractivity contribution in [1.82, 2.24) is 25.0 Å². The fourth-order valence-corrected chi connectivity index (χ4v) is 5.38. The molecule has 0 bridgehead atoms. The molecule has 2 unspecified atom stereocenters. The summed E-state index contributed by atoms with van der Waals surface area (Å²) in [4.78, 5) is 8.88. The number of nitriles is 1. The average molecular weight is 615 g/mol. The normalized spacial score (nSPS) is 11.9. The van der Waals surface area contributed by atoms with Crippen LogP contribution in [0.15, 0.2) is 53.6 Å². The number of nitrogens with one attached hydrogen (secondary N) is 2. The van der Waals surface area contributed by atoms with E-state index >= 15 is 0 Å². The van der Waals surface area contributed by atoms with E-state index in [0.717, 1.165) is 17.4 Å². The van der Waals surface area contributed by atoms with E-state index in [1.54, 1.807) is 28.4 Å². The summed E-state index contributed by atoms with van der Waals surface area (Å²) in [6, 6.07) is 9.63. The first-order valence-electron chi connectivity index (χ1n) is 11.0. The van der Waals surface area contributed by atoms with Crippen molar-refractivity contribution in [2.45, 2.75) is 17.8 Å². The van der Waals surface area contributed by atoms with Gasteiger partial charge in [-0.2, -0.15) is 5.26 Å². The van der Waals surface area contributed by atoms with E-state index in [9.17, 15) is 9.65 Å². The van der Waals surface area contributed by atoms with Crippen LogP contribution in [0.1, 0.15) is 23.0 Å². The van der Waals surface area contributed by atoms with E-state index in [2.05, 4.69) is 37.0 Å². The van der Waals surface area contributed by atoms with E-state index in [0.29, 0.717) is 44.2 Å². The maximum absolute atomic E-state index is 13.7. The van der Waals surface area contributed by atoms with Gasteiger partial charge in [0.2, 0.25) is 0 Å². The van der Waals surface area contributed by atoms with E-state index in [1.165, 1.54) is 35.7 Å². The monoisotopic (exact) mass is 614 g/mol. The van der Waals surface area contributed by atoms with Gasteiger partial charge in [-0.15, -0.1) is 0 Å². The first kappa shape index (κ1) is 25.4. The summed E-state index contributed by atoms with van der Waals surface area (Å²) in [5.41, 5.74) is 5.71. The Kier molecular flexibility index (Phi) is 7.58. The topological polar surface area (TPSA) is 104 Å². The molecule has 0 amide bonds. The Bertz CT molecular complexity index is 1620. The van der Waals surface area contributed by atoms with Crippen molar-refractivity contribution in [2.24, 2.45) is 0 Å². The second-order valence-electron chi connectivity index (χ2n) is 7.95. The van der Waals surface area contributed by atoms with Gasteiger partial charge in [0.15, 0.2) is 0 Å². The van der Waals surface area contributed by atoms with Gasteiger partial charge in [-0.3, -0.25) is 0 Å².